The fraction of sp³-hybridized carbons (Fsp3) is 0.193. The maximum Gasteiger partial charge on any atom is 0.0465 e. The Morgan fingerprint density at radius 1 is 0.328 bits per heavy atom. The second kappa shape index (κ2) is 11.9. The zero-order chi connectivity index (χ0) is 39.9. The van der Waals surface area contributed by atoms with E-state index in [0.29, 0.717) is 0 Å². The summed E-state index contributed by atoms with van der Waals surface area (Å²) in [6, 6.07) is 57.8. The Morgan fingerprint density at radius 2 is 0.793 bits per heavy atom. The van der Waals surface area contributed by atoms with Gasteiger partial charge < -0.3 is 4.90 Å². The number of aryl methyl sites for hydroxylation is 2. The molecule has 0 fully saturated rings. The molecule has 0 bridgehead atoms. The third-order valence-corrected chi connectivity index (χ3v) is 14.3. The molecule has 0 unspecified atom stereocenters. The van der Waals surface area contributed by atoms with Crippen LogP contribution < -0.4 is 4.90 Å². The molecule has 8 aromatic rings. The molecule has 11 rings (SSSR count). The van der Waals surface area contributed by atoms with Gasteiger partial charge in [0, 0.05) is 33.3 Å². The fourth-order valence-corrected chi connectivity index (χ4v) is 11.0. The second-order valence-corrected chi connectivity index (χ2v) is 18.7. The highest BCUT2D eigenvalue weighted by Gasteiger charge is 2.43. The van der Waals surface area contributed by atoms with Crippen LogP contribution >= 0.6 is 0 Å². The van der Waals surface area contributed by atoms with Gasteiger partial charge in [0.05, 0.1) is 0 Å². The van der Waals surface area contributed by atoms with Gasteiger partial charge in [-0.3, -0.25) is 0 Å². The van der Waals surface area contributed by atoms with Gasteiger partial charge in [-0.2, -0.15) is 0 Å². The average Bonchev–Trinajstić information content (AvgIpc) is 3.70. The summed E-state index contributed by atoms with van der Waals surface area (Å²) < 4.78 is 0. The first-order valence-electron chi connectivity index (χ1n) is 20.9. The molecular formula is C57H49N. The van der Waals surface area contributed by atoms with Crippen LogP contribution in [0.1, 0.15) is 86.1 Å². The number of benzene rings is 8. The smallest absolute Gasteiger partial charge is 0.0465 e. The molecule has 0 saturated carbocycles. The first kappa shape index (κ1) is 35.0. The molecule has 58 heavy (non-hydrogen) atoms. The van der Waals surface area contributed by atoms with E-state index in [2.05, 4.69) is 212 Å². The van der Waals surface area contributed by atoms with E-state index in [0.717, 1.165) is 0 Å². The summed E-state index contributed by atoms with van der Waals surface area (Å²) in [5, 5.41) is 2.66. The lowest BCUT2D eigenvalue weighted by Crippen LogP contribution is -2.18. The molecule has 1 heteroatoms. The zero-order valence-corrected chi connectivity index (χ0v) is 34.9. The summed E-state index contributed by atoms with van der Waals surface area (Å²) in [6.07, 6.45) is 0. The Morgan fingerprint density at radius 3 is 1.48 bits per heavy atom. The van der Waals surface area contributed by atoms with Gasteiger partial charge in [-0.05, 0) is 163 Å². The minimum atomic E-state index is -0.194. The Bertz CT molecular complexity index is 3040. The lowest BCUT2D eigenvalue weighted by Gasteiger charge is -2.30. The van der Waals surface area contributed by atoms with Gasteiger partial charge in [-0.15, -0.1) is 0 Å². The lowest BCUT2D eigenvalue weighted by molar-refractivity contribution is 0.652. The predicted octanol–water partition coefficient (Wildman–Crippen LogP) is 15.5. The number of hydrogen-bond donors (Lipinski definition) is 0. The van der Waals surface area contributed by atoms with E-state index < -0.39 is 0 Å². The van der Waals surface area contributed by atoms with Crippen molar-refractivity contribution in [2.24, 2.45) is 0 Å². The van der Waals surface area contributed by atoms with E-state index >= 15 is 0 Å². The van der Waals surface area contributed by atoms with E-state index in [1.54, 1.807) is 0 Å². The monoisotopic (exact) mass is 747 g/mol. The van der Waals surface area contributed by atoms with Gasteiger partial charge in [-0.1, -0.05) is 144 Å². The molecule has 0 heterocycles. The highest BCUT2D eigenvalue weighted by Crippen LogP contribution is 2.59. The summed E-state index contributed by atoms with van der Waals surface area (Å²) in [5.41, 5.74) is 24.9. The third kappa shape index (κ3) is 4.71. The van der Waals surface area contributed by atoms with Crippen molar-refractivity contribution in [1.82, 2.24) is 0 Å². The Labute approximate surface area is 343 Å². The van der Waals surface area contributed by atoms with E-state index in [4.69, 9.17) is 0 Å². The minimum absolute atomic E-state index is 0.0807. The summed E-state index contributed by atoms with van der Waals surface area (Å²) in [5.74, 6) is 0. The molecule has 0 N–H and O–H groups in total. The fourth-order valence-electron chi connectivity index (χ4n) is 11.0. The number of nitrogens with zero attached hydrogens (tertiary/aromatic N) is 1. The average molecular weight is 748 g/mol. The Kier molecular flexibility index (Phi) is 7.20. The first-order chi connectivity index (χ1) is 27.9. The van der Waals surface area contributed by atoms with Crippen LogP contribution in [0.25, 0.3) is 55.3 Å². The van der Waals surface area contributed by atoms with Crippen LogP contribution in [0, 0.1) is 13.8 Å². The molecule has 0 aliphatic heterocycles. The zero-order valence-electron chi connectivity index (χ0n) is 34.9. The second-order valence-electron chi connectivity index (χ2n) is 18.7. The summed E-state index contributed by atoms with van der Waals surface area (Å²) in [6.45, 7) is 18.9. The Balaban J connectivity index is 1.06. The number of fused-ring (bicyclic) bond motifs is 11. The molecule has 0 radical (unpaired) electrons. The quantitative estimate of drug-likeness (QED) is 0.173. The van der Waals surface area contributed by atoms with Gasteiger partial charge in [0.2, 0.25) is 0 Å². The van der Waals surface area contributed by atoms with Crippen LogP contribution in [0.4, 0.5) is 17.1 Å². The number of rotatable bonds is 4. The molecule has 8 aromatic carbocycles. The lowest BCUT2D eigenvalue weighted by atomic mass is 9.78. The summed E-state index contributed by atoms with van der Waals surface area (Å²) >= 11 is 0. The van der Waals surface area contributed by atoms with Gasteiger partial charge in [0.1, 0.15) is 0 Å². The van der Waals surface area contributed by atoms with Crippen molar-refractivity contribution in [3.05, 3.63) is 196 Å². The summed E-state index contributed by atoms with van der Waals surface area (Å²) in [7, 11) is 0. The third-order valence-electron chi connectivity index (χ3n) is 14.3. The van der Waals surface area contributed by atoms with Crippen LogP contribution in [-0.4, -0.2) is 0 Å². The van der Waals surface area contributed by atoms with Crippen molar-refractivity contribution in [3.8, 4) is 44.5 Å². The predicted molar refractivity (Wildman–Crippen MR) is 246 cm³/mol. The molecule has 3 aliphatic rings. The Hall–Kier alpha value is -6.18. The number of hydrogen-bond acceptors (Lipinski definition) is 1. The standard InChI is InChI=1S/C57H49N/c1-34-21-23-36(24-22-34)58(37-25-27-42-41-18-13-14-20-48(41)55(3,4)49(42)29-37)38-26-28-43-46-32-52-47(33-51(46)56(5,6)50(43)30-38)54-44-19-12-11-17-40(44)45(31-53(54)57(52,7)8)39-16-10-9-15-35(39)2/h9-33H,1-8H3. The molecule has 0 atom stereocenters. The van der Waals surface area contributed by atoms with Gasteiger partial charge in [0.15, 0.2) is 0 Å². The summed E-state index contributed by atoms with van der Waals surface area (Å²) in [4.78, 5) is 2.47. The maximum absolute atomic E-state index is 2.57. The van der Waals surface area contributed by atoms with E-state index in [9.17, 15) is 0 Å². The SMILES string of the molecule is Cc1ccc(N(c2ccc3c(c2)C(C)(C)c2ccccc2-3)c2ccc3c(c2)C(C)(C)c2cc4c(cc2-3)C(C)(C)c2cc(-c3ccccc3C)c3ccccc3c2-4)cc1. The van der Waals surface area contributed by atoms with Crippen molar-refractivity contribution in [2.75, 3.05) is 4.90 Å². The van der Waals surface area contributed by atoms with Crippen molar-refractivity contribution >= 4 is 27.8 Å². The maximum atomic E-state index is 2.57. The van der Waals surface area contributed by atoms with Crippen molar-refractivity contribution < 1.29 is 0 Å². The molecule has 282 valence electrons. The van der Waals surface area contributed by atoms with Crippen LogP contribution in [0.5, 0.6) is 0 Å². The van der Waals surface area contributed by atoms with E-state index in [1.807, 2.05) is 0 Å². The molecule has 0 amide bonds. The molecule has 0 spiro atoms. The minimum Gasteiger partial charge on any atom is -0.310 e. The molecule has 0 saturated heterocycles. The molecule has 1 nitrogen and oxygen atoms in total. The van der Waals surface area contributed by atoms with Crippen molar-refractivity contribution in [2.45, 2.75) is 71.6 Å². The van der Waals surface area contributed by atoms with Gasteiger partial charge >= 0.3 is 0 Å². The van der Waals surface area contributed by atoms with Crippen LogP contribution in [-0.2, 0) is 16.2 Å². The van der Waals surface area contributed by atoms with Gasteiger partial charge in [0.25, 0.3) is 0 Å². The molecular weight excluding hydrogens is 699 g/mol. The topological polar surface area (TPSA) is 3.24 Å². The first-order valence-corrected chi connectivity index (χ1v) is 20.9. The van der Waals surface area contributed by atoms with Gasteiger partial charge in [-0.25, -0.2) is 0 Å². The van der Waals surface area contributed by atoms with Crippen molar-refractivity contribution in [3.63, 3.8) is 0 Å². The van der Waals surface area contributed by atoms with Crippen LogP contribution in [0.2, 0.25) is 0 Å². The molecule has 0 aromatic heterocycles. The highest BCUT2D eigenvalue weighted by atomic mass is 15.1. The van der Waals surface area contributed by atoms with Crippen molar-refractivity contribution in [1.29, 1.82) is 0 Å². The van der Waals surface area contributed by atoms with Crippen LogP contribution in [0.15, 0.2) is 152 Å². The number of anilines is 3. The molecule has 3 aliphatic carbocycles. The van der Waals surface area contributed by atoms with E-state index in [-0.39, 0.29) is 16.2 Å². The highest BCUT2D eigenvalue weighted by molar-refractivity contribution is 6.10. The largest absolute Gasteiger partial charge is 0.310 e. The van der Waals surface area contributed by atoms with Crippen LogP contribution in [0.3, 0.4) is 0 Å². The van der Waals surface area contributed by atoms with E-state index in [1.165, 1.54) is 117 Å². The normalized spacial score (nSPS) is 15.7.